The van der Waals surface area contributed by atoms with Gasteiger partial charge in [0, 0.05) is 16.6 Å². The van der Waals surface area contributed by atoms with Crippen LogP contribution in [-0.2, 0) is 12.8 Å². The second-order valence-electron chi connectivity index (χ2n) is 7.48. The summed E-state index contributed by atoms with van der Waals surface area (Å²) in [5.74, 6) is -0.0815. The molecule has 0 fully saturated rings. The molecule has 1 aliphatic rings. The van der Waals surface area contributed by atoms with Crippen LogP contribution in [-0.4, -0.2) is 10.8 Å². The summed E-state index contributed by atoms with van der Waals surface area (Å²) < 4.78 is 13.2. The van der Waals surface area contributed by atoms with E-state index in [0.29, 0.717) is 22.0 Å². The third-order valence-electron chi connectivity index (χ3n) is 5.67. The minimum absolute atomic E-state index is 0.189. The number of hydrogen-bond acceptors (Lipinski definition) is 4. The van der Waals surface area contributed by atoms with Crippen LogP contribution < -0.4 is 5.73 Å². The number of nitrogens with two attached hydrogens (primary N) is 1. The van der Waals surface area contributed by atoms with Crippen molar-refractivity contribution in [1.82, 2.24) is 4.98 Å². The van der Waals surface area contributed by atoms with Crippen LogP contribution in [0.25, 0.3) is 10.2 Å². The maximum Gasteiger partial charge on any atom is 0.205 e. The molecule has 5 rings (SSSR count). The highest BCUT2D eigenvalue weighted by Gasteiger charge is 2.25. The van der Waals surface area contributed by atoms with Crippen molar-refractivity contribution in [3.8, 4) is 0 Å². The summed E-state index contributed by atoms with van der Waals surface area (Å²) in [7, 11) is 0. The molecule has 2 aromatic carbocycles. The van der Waals surface area contributed by atoms with Crippen LogP contribution in [0.1, 0.15) is 44.4 Å². The molecule has 2 heterocycles. The van der Waals surface area contributed by atoms with Crippen molar-refractivity contribution in [2.45, 2.75) is 25.2 Å². The van der Waals surface area contributed by atoms with Crippen LogP contribution >= 0.6 is 11.3 Å². The first-order valence-electron chi connectivity index (χ1n) is 9.66. The minimum Gasteiger partial charge on any atom is -0.397 e. The summed E-state index contributed by atoms with van der Waals surface area (Å²) in [6.45, 7) is 0. The van der Waals surface area contributed by atoms with Gasteiger partial charge in [-0.15, -0.1) is 11.3 Å². The third-order valence-corrected chi connectivity index (χ3v) is 6.78. The number of aromatic nitrogens is 1. The van der Waals surface area contributed by atoms with Gasteiger partial charge in [-0.3, -0.25) is 4.79 Å². The molecule has 1 aliphatic carbocycles. The van der Waals surface area contributed by atoms with Crippen molar-refractivity contribution in [1.29, 1.82) is 0 Å². The molecular weight excluding hydrogens is 383 g/mol. The Kier molecular flexibility index (Phi) is 4.40. The first-order chi connectivity index (χ1) is 14.1. The van der Waals surface area contributed by atoms with E-state index in [1.165, 1.54) is 46.7 Å². The Labute approximate surface area is 172 Å². The van der Waals surface area contributed by atoms with Crippen LogP contribution in [0.4, 0.5) is 10.1 Å². The van der Waals surface area contributed by atoms with E-state index in [-0.39, 0.29) is 11.6 Å². The van der Waals surface area contributed by atoms with Gasteiger partial charge in [0.15, 0.2) is 0 Å². The standard InChI is InChI=1S/C24H19FN2OS/c25-18-9-6-15(7-10-18)22(28)23-21(26)19-13-17-12-16(14-4-2-1-3-5-14)8-11-20(17)27-24(19)29-23/h1-7,9-10,13,16H,8,11-12,26H2. The number of nitrogen functional groups attached to an aromatic ring is 1. The first-order valence-corrected chi connectivity index (χ1v) is 10.5. The van der Waals surface area contributed by atoms with Crippen molar-refractivity contribution >= 4 is 33.0 Å². The average Bonchev–Trinajstić information content (AvgIpc) is 3.08. The third kappa shape index (κ3) is 3.21. The maximum absolute atomic E-state index is 13.2. The Hall–Kier alpha value is -3.05. The number of thiophene rings is 1. The van der Waals surface area contributed by atoms with Crippen molar-refractivity contribution in [3.63, 3.8) is 0 Å². The molecule has 0 saturated heterocycles. The van der Waals surface area contributed by atoms with E-state index in [1.54, 1.807) is 0 Å². The van der Waals surface area contributed by atoms with Gasteiger partial charge in [0.25, 0.3) is 0 Å². The van der Waals surface area contributed by atoms with Gasteiger partial charge in [-0.1, -0.05) is 30.3 Å². The molecule has 0 spiro atoms. The lowest BCUT2D eigenvalue weighted by Gasteiger charge is -2.24. The van der Waals surface area contributed by atoms with Gasteiger partial charge in [0.05, 0.1) is 5.69 Å². The van der Waals surface area contributed by atoms with Crippen molar-refractivity contribution in [2.75, 3.05) is 5.73 Å². The molecule has 0 bridgehead atoms. The highest BCUT2D eigenvalue weighted by Crippen LogP contribution is 2.39. The van der Waals surface area contributed by atoms with E-state index >= 15 is 0 Å². The summed E-state index contributed by atoms with van der Waals surface area (Å²) in [5.41, 5.74) is 10.9. The molecule has 29 heavy (non-hydrogen) atoms. The molecule has 1 atom stereocenters. The van der Waals surface area contributed by atoms with Crippen molar-refractivity contribution < 1.29 is 9.18 Å². The SMILES string of the molecule is Nc1c(C(=O)c2ccc(F)cc2)sc2nc3c(cc12)CC(c1ccccc1)CC3. The normalized spacial score (nSPS) is 16.0. The number of halogens is 1. The molecule has 0 radical (unpaired) electrons. The fourth-order valence-corrected chi connectivity index (χ4v) is 5.16. The zero-order chi connectivity index (χ0) is 20.0. The molecular formula is C24H19FN2OS. The zero-order valence-electron chi connectivity index (χ0n) is 15.7. The lowest BCUT2D eigenvalue weighted by Crippen LogP contribution is -2.14. The number of rotatable bonds is 3. The Balaban J connectivity index is 1.52. The number of nitrogens with zero attached hydrogens (tertiary/aromatic N) is 1. The number of carbonyl (C=O) groups is 1. The topological polar surface area (TPSA) is 56.0 Å². The molecule has 5 heteroatoms. The number of fused-ring (bicyclic) bond motifs is 2. The molecule has 0 aliphatic heterocycles. The minimum atomic E-state index is -0.367. The second-order valence-corrected chi connectivity index (χ2v) is 8.48. The summed E-state index contributed by atoms with van der Waals surface area (Å²) >= 11 is 1.32. The number of pyridine rings is 1. The van der Waals surface area contributed by atoms with Crippen molar-refractivity contribution in [2.24, 2.45) is 0 Å². The highest BCUT2D eigenvalue weighted by atomic mass is 32.1. The van der Waals surface area contributed by atoms with E-state index in [0.717, 1.165) is 35.2 Å². The second kappa shape index (κ2) is 7.08. The quantitative estimate of drug-likeness (QED) is 0.459. The van der Waals surface area contributed by atoms with Crippen LogP contribution in [0.5, 0.6) is 0 Å². The van der Waals surface area contributed by atoms with Crippen LogP contribution in [0.3, 0.4) is 0 Å². The fourth-order valence-electron chi connectivity index (χ4n) is 4.10. The zero-order valence-corrected chi connectivity index (χ0v) is 16.5. The lowest BCUT2D eigenvalue weighted by atomic mass is 9.82. The van der Waals surface area contributed by atoms with Gasteiger partial charge in [-0.2, -0.15) is 0 Å². The molecule has 2 N–H and O–H groups in total. The number of carbonyl (C=O) groups excluding carboxylic acids is 1. The molecule has 2 aromatic heterocycles. The number of hydrogen-bond donors (Lipinski definition) is 1. The number of ketones is 1. The van der Waals surface area contributed by atoms with Crippen LogP contribution in [0, 0.1) is 5.82 Å². The molecule has 3 nitrogen and oxygen atoms in total. The maximum atomic E-state index is 13.2. The molecule has 1 unspecified atom stereocenters. The Morgan fingerprint density at radius 2 is 1.86 bits per heavy atom. The van der Waals surface area contributed by atoms with Gasteiger partial charge in [-0.05, 0) is 66.6 Å². The summed E-state index contributed by atoms with van der Waals surface area (Å²) in [4.78, 5) is 19.0. The first kappa shape index (κ1) is 18.0. The largest absolute Gasteiger partial charge is 0.397 e. The van der Waals surface area contributed by atoms with E-state index in [4.69, 9.17) is 10.7 Å². The number of anilines is 1. The monoisotopic (exact) mass is 402 g/mol. The molecule has 144 valence electrons. The predicted molar refractivity (Wildman–Crippen MR) is 115 cm³/mol. The number of aryl methyl sites for hydroxylation is 1. The summed E-state index contributed by atoms with van der Waals surface area (Å²) in [5, 5.41) is 0.841. The van der Waals surface area contributed by atoms with Crippen LogP contribution in [0.15, 0.2) is 60.7 Å². The van der Waals surface area contributed by atoms with Gasteiger partial charge in [-0.25, -0.2) is 9.37 Å². The highest BCUT2D eigenvalue weighted by molar-refractivity contribution is 7.21. The Morgan fingerprint density at radius 3 is 2.62 bits per heavy atom. The predicted octanol–water partition coefficient (Wildman–Crippen LogP) is 5.52. The van der Waals surface area contributed by atoms with Gasteiger partial charge in [0.2, 0.25) is 5.78 Å². The summed E-state index contributed by atoms with van der Waals surface area (Å²) in [6.07, 6.45) is 2.92. The molecule has 0 amide bonds. The Morgan fingerprint density at radius 1 is 1.10 bits per heavy atom. The van der Waals surface area contributed by atoms with E-state index < -0.39 is 0 Å². The number of benzene rings is 2. The smallest absolute Gasteiger partial charge is 0.205 e. The van der Waals surface area contributed by atoms with E-state index in [1.807, 2.05) is 6.07 Å². The fraction of sp³-hybridized carbons (Fsp3) is 0.167. The van der Waals surface area contributed by atoms with Gasteiger partial charge in [0.1, 0.15) is 15.5 Å². The lowest BCUT2D eigenvalue weighted by molar-refractivity contribution is 0.104. The van der Waals surface area contributed by atoms with Crippen LogP contribution in [0.2, 0.25) is 0 Å². The van der Waals surface area contributed by atoms with Crippen molar-refractivity contribution in [3.05, 3.63) is 93.7 Å². The molecule has 0 saturated carbocycles. The van der Waals surface area contributed by atoms with E-state index in [2.05, 4.69) is 30.3 Å². The average molecular weight is 402 g/mol. The van der Waals surface area contributed by atoms with Gasteiger partial charge >= 0.3 is 0 Å². The summed E-state index contributed by atoms with van der Waals surface area (Å²) in [6, 6.07) is 18.2. The Bertz CT molecular complexity index is 1220. The van der Waals surface area contributed by atoms with Gasteiger partial charge < -0.3 is 5.73 Å². The van der Waals surface area contributed by atoms with E-state index in [9.17, 15) is 9.18 Å². The molecule has 4 aromatic rings.